The van der Waals surface area contributed by atoms with Crippen LogP contribution in [0.3, 0.4) is 0 Å². The molecule has 0 unspecified atom stereocenters. The SMILES string of the molecule is C=C/C(C)=C\NC. The fourth-order valence-electron chi connectivity index (χ4n) is 0.287. The molecule has 0 aromatic heterocycles. The summed E-state index contributed by atoms with van der Waals surface area (Å²) in [4.78, 5) is 0. The minimum Gasteiger partial charge on any atom is -0.394 e. The monoisotopic (exact) mass is 97.1 g/mol. The third-order valence-corrected chi connectivity index (χ3v) is 0.694. The summed E-state index contributed by atoms with van der Waals surface area (Å²) < 4.78 is 0. The summed E-state index contributed by atoms with van der Waals surface area (Å²) >= 11 is 0. The number of allylic oxidation sites excluding steroid dienone is 2. The van der Waals surface area contributed by atoms with E-state index in [1.807, 2.05) is 20.2 Å². The number of hydrogen-bond acceptors (Lipinski definition) is 1. The average Bonchev–Trinajstić information content (AvgIpc) is 1.68. The van der Waals surface area contributed by atoms with E-state index in [0.717, 1.165) is 5.57 Å². The van der Waals surface area contributed by atoms with Crippen LogP contribution in [0.5, 0.6) is 0 Å². The molecule has 0 atom stereocenters. The third-order valence-electron chi connectivity index (χ3n) is 0.694. The molecular formula is C6H11N. The molecule has 1 N–H and O–H groups in total. The number of nitrogens with one attached hydrogen (secondary N) is 1. The second-order valence-electron chi connectivity index (χ2n) is 1.38. The molecule has 1 nitrogen and oxygen atoms in total. The first-order valence-electron chi connectivity index (χ1n) is 2.27. The van der Waals surface area contributed by atoms with E-state index in [1.165, 1.54) is 0 Å². The van der Waals surface area contributed by atoms with E-state index < -0.39 is 0 Å². The van der Waals surface area contributed by atoms with Crippen molar-refractivity contribution in [2.45, 2.75) is 6.92 Å². The second-order valence-corrected chi connectivity index (χ2v) is 1.38. The summed E-state index contributed by atoms with van der Waals surface area (Å²) in [5.74, 6) is 0. The van der Waals surface area contributed by atoms with Crippen LogP contribution in [0.25, 0.3) is 0 Å². The summed E-state index contributed by atoms with van der Waals surface area (Å²) in [7, 11) is 1.87. The Morgan fingerprint density at radius 1 is 1.71 bits per heavy atom. The maximum absolute atomic E-state index is 3.57. The van der Waals surface area contributed by atoms with E-state index in [2.05, 4.69) is 11.9 Å². The minimum atomic E-state index is 1.16. The van der Waals surface area contributed by atoms with Crippen molar-refractivity contribution in [3.63, 3.8) is 0 Å². The molecule has 0 aromatic rings. The summed E-state index contributed by atoms with van der Waals surface area (Å²) in [6, 6.07) is 0. The smallest absolute Gasteiger partial charge is 0.00277 e. The van der Waals surface area contributed by atoms with Gasteiger partial charge < -0.3 is 5.32 Å². The van der Waals surface area contributed by atoms with Crippen LogP contribution in [0.4, 0.5) is 0 Å². The van der Waals surface area contributed by atoms with Gasteiger partial charge >= 0.3 is 0 Å². The molecule has 7 heavy (non-hydrogen) atoms. The van der Waals surface area contributed by atoms with E-state index in [0.29, 0.717) is 0 Å². The Morgan fingerprint density at radius 2 is 2.29 bits per heavy atom. The van der Waals surface area contributed by atoms with Crippen molar-refractivity contribution in [3.05, 3.63) is 24.4 Å². The first-order valence-corrected chi connectivity index (χ1v) is 2.27. The molecule has 0 saturated carbocycles. The van der Waals surface area contributed by atoms with Crippen LogP contribution in [-0.2, 0) is 0 Å². The molecular weight excluding hydrogens is 86.1 g/mol. The van der Waals surface area contributed by atoms with Gasteiger partial charge in [0.25, 0.3) is 0 Å². The topological polar surface area (TPSA) is 12.0 Å². The summed E-state index contributed by atoms with van der Waals surface area (Å²) in [5.41, 5.74) is 1.16. The largest absolute Gasteiger partial charge is 0.394 e. The van der Waals surface area contributed by atoms with Crippen molar-refractivity contribution in [2.24, 2.45) is 0 Å². The Kier molecular flexibility index (Phi) is 3.11. The molecule has 0 aliphatic heterocycles. The van der Waals surface area contributed by atoms with Gasteiger partial charge in [-0.1, -0.05) is 12.7 Å². The normalized spacial score (nSPS) is 10.9. The van der Waals surface area contributed by atoms with Crippen molar-refractivity contribution < 1.29 is 0 Å². The lowest BCUT2D eigenvalue weighted by Gasteiger charge is -1.87. The van der Waals surface area contributed by atoms with Crippen molar-refractivity contribution in [3.8, 4) is 0 Å². The van der Waals surface area contributed by atoms with Crippen molar-refractivity contribution in [1.29, 1.82) is 0 Å². The zero-order valence-corrected chi connectivity index (χ0v) is 4.86. The Labute approximate surface area is 44.7 Å². The molecule has 40 valence electrons. The van der Waals surface area contributed by atoms with Crippen LogP contribution in [0.2, 0.25) is 0 Å². The van der Waals surface area contributed by atoms with E-state index in [1.54, 1.807) is 6.08 Å². The molecule has 0 spiro atoms. The van der Waals surface area contributed by atoms with Crippen molar-refractivity contribution in [2.75, 3.05) is 7.05 Å². The van der Waals surface area contributed by atoms with Gasteiger partial charge in [0.1, 0.15) is 0 Å². The standard InChI is InChI=1S/C6H11N/c1-4-6(2)5-7-3/h4-5,7H,1H2,2-3H3/b6-5-. The maximum atomic E-state index is 3.57. The molecule has 1 heteroatoms. The predicted octanol–water partition coefficient (Wildman–Crippen LogP) is 1.30. The Morgan fingerprint density at radius 3 is 2.43 bits per heavy atom. The molecule has 0 aliphatic rings. The second kappa shape index (κ2) is 3.47. The molecule has 0 rings (SSSR count). The summed E-state index contributed by atoms with van der Waals surface area (Å²) in [6.07, 6.45) is 3.70. The molecule has 0 aromatic carbocycles. The van der Waals surface area contributed by atoms with Gasteiger partial charge in [0.15, 0.2) is 0 Å². The zero-order chi connectivity index (χ0) is 5.70. The molecule has 0 saturated heterocycles. The zero-order valence-electron chi connectivity index (χ0n) is 4.86. The maximum Gasteiger partial charge on any atom is 0.00277 e. The molecule has 0 bridgehead atoms. The van der Waals surface area contributed by atoms with E-state index in [4.69, 9.17) is 0 Å². The van der Waals surface area contributed by atoms with Gasteiger partial charge in [0, 0.05) is 7.05 Å². The van der Waals surface area contributed by atoms with E-state index >= 15 is 0 Å². The van der Waals surface area contributed by atoms with Crippen LogP contribution < -0.4 is 5.32 Å². The highest BCUT2D eigenvalue weighted by Crippen LogP contribution is 1.86. The first-order chi connectivity index (χ1) is 3.31. The van der Waals surface area contributed by atoms with Gasteiger partial charge in [-0.25, -0.2) is 0 Å². The predicted molar refractivity (Wildman–Crippen MR) is 33.0 cm³/mol. The van der Waals surface area contributed by atoms with Crippen LogP contribution in [0, 0.1) is 0 Å². The van der Waals surface area contributed by atoms with Crippen LogP contribution in [0.1, 0.15) is 6.92 Å². The lowest BCUT2D eigenvalue weighted by molar-refractivity contribution is 1.08. The van der Waals surface area contributed by atoms with Crippen LogP contribution in [-0.4, -0.2) is 7.05 Å². The molecule has 0 amide bonds. The first kappa shape index (κ1) is 6.28. The molecule has 0 radical (unpaired) electrons. The third kappa shape index (κ3) is 3.10. The minimum absolute atomic E-state index is 1.16. The van der Waals surface area contributed by atoms with E-state index in [-0.39, 0.29) is 0 Å². The highest BCUT2D eigenvalue weighted by Gasteiger charge is 1.70. The number of rotatable bonds is 2. The Hall–Kier alpha value is -0.720. The molecule has 0 heterocycles. The van der Waals surface area contributed by atoms with Crippen molar-refractivity contribution in [1.82, 2.24) is 5.32 Å². The van der Waals surface area contributed by atoms with E-state index in [9.17, 15) is 0 Å². The van der Waals surface area contributed by atoms with Gasteiger partial charge in [0.05, 0.1) is 0 Å². The highest BCUT2D eigenvalue weighted by molar-refractivity contribution is 5.10. The molecule has 0 fully saturated rings. The lowest BCUT2D eigenvalue weighted by Crippen LogP contribution is -1.92. The Bertz CT molecular complexity index is 82.2. The average molecular weight is 97.2 g/mol. The fourth-order valence-corrected chi connectivity index (χ4v) is 0.287. The van der Waals surface area contributed by atoms with Crippen molar-refractivity contribution >= 4 is 0 Å². The fraction of sp³-hybridized carbons (Fsp3) is 0.333. The van der Waals surface area contributed by atoms with Gasteiger partial charge in [-0.05, 0) is 18.7 Å². The van der Waals surface area contributed by atoms with Gasteiger partial charge in [0.2, 0.25) is 0 Å². The quantitative estimate of drug-likeness (QED) is 0.512. The van der Waals surface area contributed by atoms with Crippen LogP contribution >= 0.6 is 0 Å². The van der Waals surface area contributed by atoms with Gasteiger partial charge in [-0.15, -0.1) is 0 Å². The summed E-state index contributed by atoms with van der Waals surface area (Å²) in [6.45, 7) is 5.56. The molecule has 0 aliphatic carbocycles. The highest BCUT2D eigenvalue weighted by atomic mass is 14.8. The summed E-state index contributed by atoms with van der Waals surface area (Å²) in [5, 5.41) is 2.89. The van der Waals surface area contributed by atoms with Gasteiger partial charge in [-0.2, -0.15) is 0 Å². The number of hydrogen-bond donors (Lipinski definition) is 1. The van der Waals surface area contributed by atoms with Crippen LogP contribution in [0.15, 0.2) is 24.4 Å². The lowest BCUT2D eigenvalue weighted by atomic mass is 10.3. The van der Waals surface area contributed by atoms with Gasteiger partial charge in [-0.3, -0.25) is 0 Å². The Balaban J connectivity index is 3.49.